The van der Waals surface area contributed by atoms with E-state index in [1.165, 1.54) is 28.6 Å². The molecule has 2 N–H and O–H groups in total. The largest absolute Gasteiger partial charge is 0.328 e. The van der Waals surface area contributed by atoms with Gasteiger partial charge in [0.1, 0.15) is 0 Å². The van der Waals surface area contributed by atoms with Crippen LogP contribution < -0.4 is 5.73 Å². The van der Waals surface area contributed by atoms with Gasteiger partial charge in [-0.25, -0.2) is 8.42 Å². The van der Waals surface area contributed by atoms with Gasteiger partial charge in [0, 0.05) is 37.3 Å². The van der Waals surface area contributed by atoms with Crippen molar-refractivity contribution in [3.63, 3.8) is 0 Å². The molecule has 2 aliphatic rings. The average Bonchev–Trinajstić information content (AvgIpc) is 3.06. The van der Waals surface area contributed by atoms with E-state index >= 15 is 0 Å². The zero-order valence-corrected chi connectivity index (χ0v) is 14.2. The van der Waals surface area contributed by atoms with Crippen LogP contribution in [0.3, 0.4) is 0 Å². The number of nitro benzene ring substituents is 1. The number of rotatable bonds is 4. The fourth-order valence-electron chi connectivity index (χ4n) is 3.40. The van der Waals surface area contributed by atoms with Gasteiger partial charge in [0.05, 0.1) is 9.82 Å². The number of hydrogen-bond donors (Lipinski definition) is 1. The molecule has 1 unspecified atom stereocenters. The molecule has 2 fully saturated rings. The third-order valence-corrected chi connectivity index (χ3v) is 6.78. The van der Waals surface area contributed by atoms with Gasteiger partial charge in [-0.05, 0) is 44.5 Å². The summed E-state index contributed by atoms with van der Waals surface area (Å²) >= 11 is 0. The highest BCUT2D eigenvalue weighted by molar-refractivity contribution is 7.89. The Bertz CT molecular complexity index is 699. The molecule has 0 saturated carbocycles. The van der Waals surface area contributed by atoms with E-state index in [-0.39, 0.29) is 22.7 Å². The summed E-state index contributed by atoms with van der Waals surface area (Å²) in [7, 11) is -3.60. The van der Waals surface area contributed by atoms with Gasteiger partial charge >= 0.3 is 0 Å². The van der Waals surface area contributed by atoms with Gasteiger partial charge in [-0.1, -0.05) is 0 Å². The van der Waals surface area contributed by atoms with E-state index in [2.05, 4.69) is 4.90 Å². The maximum Gasteiger partial charge on any atom is 0.269 e. The van der Waals surface area contributed by atoms with Crippen LogP contribution in [0.2, 0.25) is 0 Å². The average molecular weight is 354 g/mol. The summed E-state index contributed by atoms with van der Waals surface area (Å²) < 4.78 is 26.9. The molecule has 8 nitrogen and oxygen atoms in total. The minimum Gasteiger partial charge on any atom is -0.328 e. The number of nitrogens with zero attached hydrogens (tertiary/aromatic N) is 3. The number of hydrogen-bond acceptors (Lipinski definition) is 6. The quantitative estimate of drug-likeness (QED) is 0.632. The van der Waals surface area contributed by atoms with Crippen molar-refractivity contribution in [2.75, 3.05) is 26.2 Å². The highest BCUT2D eigenvalue weighted by Crippen LogP contribution is 2.26. The SMILES string of the molecule is NC1CCN(C2CCN(S(=O)(=O)c3ccc([N+](=O)[O-])cc3)C2)CC1. The smallest absolute Gasteiger partial charge is 0.269 e. The molecule has 1 atom stereocenters. The summed E-state index contributed by atoms with van der Waals surface area (Å²) in [4.78, 5) is 12.6. The summed E-state index contributed by atoms with van der Waals surface area (Å²) in [5.74, 6) is 0. The Hall–Kier alpha value is -1.55. The molecule has 2 heterocycles. The normalized spacial score (nSPS) is 24.3. The lowest BCUT2D eigenvalue weighted by molar-refractivity contribution is -0.384. The fourth-order valence-corrected chi connectivity index (χ4v) is 4.89. The molecule has 0 bridgehead atoms. The number of likely N-dealkylation sites (tertiary alicyclic amines) is 1. The first kappa shape index (κ1) is 17.3. The van der Waals surface area contributed by atoms with Crippen molar-refractivity contribution < 1.29 is 13.3 Å². The summed E-state index contributed by atoms with van der Waals surface area (Å²) in [5.41, 5.74) is 5.81. The molecule has 3 rings (SSSR count). The number of sulfonamides is 1. The van der Waals surface area contributed by atoms with E-state index in [0.717, 1.165) is 32.4 Å². The van der Waals surface area contributed by atoms with Gasteiger partial charge in [0.2, 0.25) is 10.0 Å². The van der Waals surface area contributed by atoms with E-state index in [1.54, 1.807) is 0 Å². The molecular formula is C15H22N4O4S. The molecule has 0 spiro atoms. The van der Waals surface area contributed by atoms with E-state index in [1.807, 2.05) is 0 Å². The topological polar surface area (TPSA) is 110 Å². The third kappa shape index (κ3) is 3.44. The highest BCUT2D eigenvalue weighted by Gasteiger charge is 2.36. The molecule has 0 aromatic heterocycles. The van der Waals surface area contributed by atoms with Crippen molar-refractivity contribution in [3.8, 4) is 0 Å². The van der Waals surface area contributed by atoms with E-state index < -0.39 is 14.9 Å². The van der Waals surface area contributed by atoms with Crippen molar-refractivity contribution in [1.29, 1.82) is 0 Å². The number of piperidine rings is 1. The van der Waals surface area contributed by atoms with Gasteiger partial charge < -0.3 is 5.73 Å². The summed E-state index contributed by atoms with van der Waals surface area (Å²) in [6.45, 7) is 2.77. The van der Waals surface area contributed by atoms with Crippen LogP contribution in [0.4, 0.5) is 5.69 Å². The molecule has 2 saturated heterocycles. The van der Waals surface area contributed by atoms with Crippen LogP contribution in [-0.4, -0.2) is 60.8 Å². The summed E-state index contributed by atoms with van der Waals surface area (Å²) in [5, 5.41) is 10.7. The minimum absolute atomic E-state index is 0.106. The molecule has 1 aromatic carbocycles. The molecular weight excluding hydrogens is 332 g/mol. The second-order valence-electron chi connectivity index (χ2n) is 6.43. The zero-order chi connectivity index (χ0) is 17.3. The Labute approximate surface area is 141 Å². The number of nitrogens with two attached hydrogens (primary N) is 1. The lowest BCUT2D eigenvalue weighted by Crippen LogP contribution is -2.46. The van der Waals surface area contributed by atoms with Crippen molar-refractivity contribution >= 4 is 15.7 Å². The zero-order valence-electron chi connectivity index (χ0n) is 13.4. The molecule has 24 heavy (non-hydrogen) atoms. The Morgan fingerprint density at radius 1 is 1.08 bits per heavy atom. The summed E-state index contributed by atoms with van der Waals surface area (Å²) in [6.07, 6.45) is 2.71. The second-order valence-corrected chi connectivity index (χ2v) is 8.37. The van der Waals surface area contributed by atoms with Gasteiger partial charge in [0.15, 0.2) is 0 Å². The number of non-ortho nitro benzene ring substituents is 1. The lowest BCUT2D eigenvalue weighted by Gasteiger charge is -2.34. The predicted octanol–water partition coefficient (Wildman–Crippen LogP) is 0.781. The van der Waals surface area contributed by atoms with Gasteiger partial charge in [-0.15, -0.1) is 0 Å². The molecule has 9 heteroatoms. The second kappa shape index (κ2) is 6.75. The van der Waals surface area contributed by atoms with Crippen molar-refractivity contribution in [3.05, 3.63) is 34.4 Å². The lowest BCUT2D eigenvalue weighted by atomic mass is 10.0. The molecule has 132 valence electrons. The van der Waals surface area contributed by atoms with Crippen LogP contribution in [0, 0.1) is 10.1 Å². The van der Waals surface area contributed by atoms with E-state index in [4.69, 9.17) is 5.73 Å². The Kier molecular flexibility index (Phi) is 4.86. The maximum atomic E-state index is 12.7. The van der Waals surface area contributed by atoms with Crippen molar-refractivity contribution in [1.82, 2.24) is 9.21 Å². The third-order valence-electron chi connectivity index (χ3n) is 4.90. The van der Waals surface area contributed by atoms with Gasteiger partial charge in [-0.2, -0.15) is 4.31 Å². The first-order valence-electron chi connectivity index (χ1n) is 8.12. The first-order valence-corrected chi connectivity index (χ1v) is 9.56. The molecule has 0 amide bonds. The molecule has 2 aliphatic heterocycles. The van der Waals surface area contributed by atoms with Crippen molar-refractivity contribution in [2.24, 2.45) is 5.73 Å². The molecule has 0 radical (unpaired) electrons. The molecule has 1 aromatic rings. The fraction of sp³-hybridized carbons (Fsp3) is 0.600. The van der Waals surface area contributed by atoms with Crippen LogP contribution in [0.1, 0.15) is 19.3 Å². The standard InChI is InChI=1S/C15H22N4O4S/c16-12-5-8-17(9-6-12)14-7-10-18(11-14)24(22,23)15-3-1-13(2-4-15)19(20)21/h1-4,12,14H,5-11,16H2. The van der Waals surface area contributed by atoms with Crippen LogP contribution >= 0.6 is 0 Å². The summed E-state index contributed by atoms with van der Waals surface area (Å²) in [6, 6.07) is 5.55. The highest BCUT2D eigenvalue weighted by atomic mass is 32.2. The predicted molar refractivity (Wildman–Crippen MR) is 89.0 cm³/mol. The van der Waals surface area contributed by atoms with E-state index in [0.29, 0.717) is 13.1 Å². The first-order chi connectivity index (χ1) is 11.4. The van der Waals surface area contributed by atoms with E-state index in [9.17, 15) is 18.5 Å². The molecule has 0 aliphatic carbocycles. The van der Waals surface area contributed by atoms with Crippen LogP contribution in [0.15, 0.2) is 29.2 Å². The van der Waals surface area contributed by atoms with Crippen LogP contribution in [0.5, 0.6) is 0 Å². The Morgan fingerprint density at radius 3 is 2.29 bits per heavy atom. The van der Waals surface area contributed by atoms with Gasteiger partial charge in [-0.3, -0.25) is 15.0 Å². The van der Waals surface area contributed by atoms with Crippen LogP contribution in [-0.2, 0) is 10.0 Å². The van der Waals surface area contributed by atoms with Crippen molar-refractivity contribution in [2.45, 2.75) is 36.2 Å². The van der Waals surface area contributed by atoms with Gasteiger partial charge in [0.25, 0.3) is 5.69 Å². The number of nitro groups is 1. The maximum absolute atomic E-state index is 12.7. The van der Waals surface area contributed by atoms with Crippen LogP contribution in [0.25, 0.3) is 0 Å². The number of benzene rings is 1. The Morgan fingerprint density at radius 2 is 1.71 bits per heavy atom. The Balaban J connectivity index is 1.68. The monoisotopic (exact) mass is 354 g/mol. The minimum atomic E-state index is -3.60.